The van der Waals surface area contributed by atoms with Gasteiger partial charge in [0, 0.05) is 68.5 Å². The van der Waals surface area contributed by atoms with Gasteiger partial charge < -0.3 is 15.1 Å². The van der Waals surface area contributed by atoms with Crippen LogP contribution in [0.2, 0.25) is 5.02 Å². The highest BCUT2D eigenvalue weighted by atomic mass is 35.5. The lowest BCUT2D eigenvalue weighted by Gasteiger charge is -2.35. The molecule has 4 rings (SSSR count). The molecule has 0 saturated carbocycles. The van der Waals surface area contributed by atoms with E-state index >= 15 is 0 Å². The first-order valence-electron chi connectivity index (χ1n) is 12.2. The number of halogens is 4. The van der Waals surface area contributed by atoms with E-state index in [-0.39, 0.29) is 36.0 Å². The van der Waals surface area contributed by atoms with Crippen molar-refractivity contribution in [3.63, 3.8) is 0 Å². The summed E-state index contributed by atoms with van der Waals surface area (Å²) >= 11 is 5.81. The molecule has 0 atom stereocenters. The van der Waals surface area contributed by atoms with Gasteiger partial charge in [-0.3, -0.25) is 9.69 Å². The molecule has 3 heterocycles. The topological polar surface area (TPSA) is 51.7 Å². The Morgan fingerprint density at radius 3 is 2.30 bits per heavy atom. The fourth-order valence-corrected chi connectivity index (χ4v) is 5.28. The van der Waals surface area contributed by atoms with E-state index in [4.69, 9.17) is 11.6 Å². The Morgan fingerprint density at radius 1 is 1.03 bits per heavy atom. The number of hydrogen-bond donors (Lipinski definition) is 1. The molecule has 2 saturated heterocycles. The zero-order valence-corrected chi connectivity index (χ0v) is 21.6. The summed E-state index contributed by atoms with van der Waals surface area (Å²) in [4.78, 5) is 23.8. The molecule has 11 heteroatoms. The molecular formula is C26H35ClF3N5OS. The van der Waals surface area contributed by atoms with Crippen molar-refractivity contribution in [1.82, 2.24) is 14.8 Å². The van der Waals surface area contributed by atoms with Crippen molar-refractivity contribution in [2.24, 2.45) is 0 Å². The van der Waals surface area contributed by atoms with E-state index in [1.54, 1.807) is 18.3 Å². The molecule has 0 aliphatic carbocycles. The predicted molar refractivity (Wildman–Crippen MR) is 145 cm³/mol. The van der Waals surface area contributed by atoms with E-state index in [0.29, 0.717) is 24.5 Å². The predicted octanol–water partition coefficient (Wildman–Crippen LogP) is 5.99. The largest absolute Gasteiger partial charge is 0.446 e. The number of alkyl halides is 3. The third-order valence-corrected chi connectivity index (χ3v) is 7.54. The van der Waals surface area contributed by atoms with Gasteiger partial charge in [-0.05, 0) is 74.0 Å². The quantitative estimate of drug-likeness (QED) is 0.403. The maximum atomic E-state index is 12.7. The standard InChI is InChI=1S/C25H31ClF3N5OS.CH4/c26-19-3-8-23(30-18-19)33-16-14-32(15-17-33)11-1-2-24(35)34-12-9-21(10-13-34)31-20-4-6-22(7-5-20)36-25(27,28)29;/h3-8,18,21,31H,1-2,9-17H2;1H4. The molecule has 1 N–H and O–H groups in total. The van der Waals surface area contributed by atoms with Gasteiger partial charge in [-0.15, -0.1) is 0 Å². The summed E-state index contributed by atoms with van der Waals surface area (Å²) in [6.07, 6.45) is 4.72. The first-order chi connectivity index (χ1) is 17.2. The molecule has 6 nitrogen and oxygen atoms in total. The van der Waals surface area contributed by atoms with Crippen LogP contribution < -0.4 is 10.2 Å². The third kappa shape index (κ3) is 9.26. The number of thioether (sulfide) groups is 1. The average Bonchev–Trinajstić information content (AvgIpc) is 2.86. The van der Waals surface area contributed by atoms with E-state index in [2.05, 4.69) is 20.1 Å². The summed E-state index contributed by atoms with van der Waals surface area (Å²) in [6, 6.07) is 10.3. The minimum Gasteiger partial charge on any atom is -0.382 e. The van der Waals surface area contributed by atoms with Crippen LogP contribution in [0.5, 0.6) is 0 Å². The first-order valence-corrected chi connectivity index (χ1v) is 13.4. The van der Waals surface area contributed by atoms with Gasteiger partial charge >= 0.3 is 5.51 Å². The van der Waals surface area contributed by atoms with Crippen molar-refractivity contribution >= 4 is 40.8 Å². The summed E-state index contributed by atoms with van der Waals surface area (Å²) < 4.78 is 37.4. The van der Waals surface area contributed by atoms with E-state index < -0.39 is 5.51 Å². The van der Waals surface area contributed by atoms with Crippen LogP contribution >= 0.6 is 23.4 Å². The third-order valence-electron chi connectivity index (χ3n) is 6.58. The SMILES string of the molecule is C.O=C(CCCN1CCN(c2ccc(Cl)cn2)CC1)N1CCC(Nc2ccc(SC(F)(F)F)cc2)CC1. The summed E-state index contributed by atoms with van der Waals surface area (Å²) in [5.74, 6) is 1.15. The number of anilines is 2. The summed E-state index contributed by atoms with van der Waals surface area (Å²) in [5, 5.41) is 4.02. The van der Waals surface area contributed by atoms with Gasteiger partial charge in [0.25, 0.3) is 0 Å². The number of piperazine rings is 1. The van der Waals surface area contributed by atoms with Crippen LogP contribution in [-0.4, -0.2) is 78.1 Å². The number of pyridine rings is 1. The van der Waals surface area contributed by atoms with Crippen LogP contribution in [0.1, 0.15) is 33.1 Å². The number of carbonyl (C=O) groups is 1. The Bertz CT molecular complexity index is 977. The molecule has 37 heavy (non-hydrogen) atoms. The number of carbonyl (C=O) groups excluding carboxylic acids is 1. The van der Waals surface area contributed by atoms with Gasteiger partial charge in [-0.25, -0.2) is 4.98 Å². The van der Waals surface area contributed by atoms with E-state index in [1.807, 2.05) is 17.0 Å². The molecule has 2 aliphatic rings. The normalized spacial score (nSPS) is 17.4. The number of rotatable bonds is 8. The lowest BCUT2D eigenvalue weighted by Crippen LogP contribution is -2.47. The maximum absolute atomic E-state index is 12.7. The van der Waals surface area contributed by atoms with Crippen LogP contribution in [0.15, 0.2) is 47.5 Å². The summed E-state index contributed by atoms with van der Waals surface area (Å²) in [7, 11) is 0. The Balaban J connectivity index is 0.00000380. The fourth-order valence-electron chi connectivity index (χ4n) is 4.63. The van der Waals surface area contributed by atoms with Gasteiger partial charge in [0.15, 0.2) is 0 Å². The van der Waals surface area contributed by atoms with Gasteiger partial charge in [0.1, 0.15) is 5.82 Å². The maximum Gasteiger partial charge on any atom is 0.446 e. The molecule has 0 radical (unpaired) electrons. The zero-order valence-electron chi connectivity index (χ0n) is 20.0. The number of aromatic nitrogens is 1. The number of nitrogens with zero attached hydrogens (tertiary/aromatic N) is 4. The van der Waals surface area contributed by atoms with E-state index in [1.165, 1.54) is 12.1 Å². The van der Waals surface area contributed by atoms with Gasteiger partial charge in [-0.2, -0.15) is 13.2 Å². The average molecular weight is 558 g/mol. The van der Waals surface area contributed by atoms with Crippen LogP contribution in [-0.2, 0) is 4.79 Å². The van der Waals surface area contributed by atoms with Crippen molar-refractivity contribution in [1.29, 1.82) is 0 Å². The highest BCUT2D eigenvalue weighted by molar-refractivity contribution is 8.00. The lowest BCUT2D eigenvalue weighted by atomic mass is 10.0. The van der Waals surface area contributed by atoms with Crippen LogP contribution in [0.3, 0.4) is 0 Å². The second kappa shape index (κ2) is 13.6. The molecular weight excluding hydrogens is 523 g/mol. The zero-order chi connectivity index (χ0) is 25.5. The molecule has 1 aromatic heterocycles. The van der Waals surface area contributed by atoms with Crippen molar-refractivity contribution in [2.45, 2.75) is 49.6 Å². The van der Waals surface area contributed by atoms with Gasteiger partial charge in [-0.1, -0.05) is 19.0 Å². The molecule has 1 aromatic carbocycles. The number of nitrogens with one attached hydrogen (secondary N) is 1. The Hall–Kier alpha value is -2.17. The lowest BCUT2D eigenvalue weighted by molar-refractivity contribution is -0.132. The smallest absolute Gasteiger partial charge is 0.382 e. The number of piperidine rings is 1. The molecule has 2 aromatic rings. The monoisotopic (exact) mass is 557 g/mol. The molecule has 0 unspecified atom stereocenters. The highest BCUT2D eigenvalue weighted by Crippen LogP contribution is 2.37. The van der Waals surface area contributed by atoms with Gasteiger partial charge in [0.2, 0.25) is 5.91 Å². The minimum absolute atomic E-state index is 0. The summed E-state index contributed by atoms with van der Waals surface area (Å²) in [6.45, 7) is 6.03. The number of amides is 1. The van der Waals surface area contributed by atoms with Crippen molar-refractivity contribution in [2.75, 3.05) is 56.0 Å². The number of likely N-dealkylation sites (tertiary alicyclic amines) is 1. The Kier molecular flexibility index (Phi) is 10.8. The van der Waals surface area contributed by atoms with Crippen molar-refractivity contribution in [3.8, 4) is 0 Å². The minimum atomic E-state index is -4.28. The van der Waals surface area contributed by atoms with E-state index in [0.717, 1.165) is 63.5 Å². The molecule has 204 valence electrons. The van der Waals surface area contributed by atoms with Crippen LogP contribution in [0.25, 0.3) is 0 Å². The first kappa shape index (κ1) is 29.4. The highest BCUT2D eigenvalue weighted by Gasteiger charge is 2.29. The molecule has 2 fully saturated rings. The molecule has 0 spiro atoms. The van der Waals surface area contributed by atoms with Crippen molar-refractivity contribution in [3.05, 3.63) is 47.6 Å². The Morgan fingerprint density at radius 2 is 1.70 bits per heavy atom. The van der Waals surface area contributed by atoms with Crippen LogP contribution in [0, 0.1) is 0 Å². The molecule has 0 bridgehead atoms. The second-order valence-corrected chi connectivity index (χ2v) is 10.7. The Labute approximate surface area is 226 Å². The van der Waals surface area contributed by atoms with Crippen LogP contribution in [0.4, 0.5) is 24.7 Å². The fraction of sp³-hybridized carbons (Fsp3) is 0.538. The van der Waals surface area contributed by atoms with E-state index in [9.17, 15) is 18.0 Å². The van der Waals surface area contributed by atoms with Gasteiger partial charge in [0.05, 0.1) is 5.02 Å². The van der Waals surface area contributed by atoms with Crippen molar-refractivity contribution < 1.29 is 18.0 Å². The molecule has 2 aliphatic heterocycles. The second-order valence-electron chi connectivity index (χ2n) is 9.14. The summed E-state index contributed by atoms with van der Waals surface area (Å²) in [5.41, 5.74) is -3.47. The number of hydrogen-bond acceptors (Lipinski definition) is 6. The number of benzene rings is 1. The molecule has 1 amide bonds.